The lowest BCUT2D eigenvalue weighted by Crippen LogP contribution is -2.52. The fourth-order valence-electron chi connectivity index (χ4n) is 3.20. The van der Waals surface area contributed by atoms with Crippen LogP contribution in [-0.4, -0.2) is 25.8 Å². The van der Waals surface area contributed by atoms with E-state index in [0.29, 0.717) is 12.1 Å². The maximum atomic E-state index is 5.87. The Morgan fingerprint density at radius 3 is 2.18 bits per heavy atom. The van der Waals surface area contributed by atoms with Gasteiger partial charge in [-0.25, -0.2) is 0 Å². The van der Waals surface area contributed by atoms with Crippen LogP contribution in [0.25, 0.3) is 0 Å². The molecule has 2 unspecified atom stereocenters. The molecule has 0 aliphatic heterocycles. The zero-order valence-electron chi connectivity index (χ0n) is 12.4. The molecule has 2 nitrogen and oxygen atoms in total. The molecule has 1 rings (SSSR count). The van der Waals surface area contributed by atoms with Gasteiger partial charge in [0.05, 0.1) is 6.10 Å². The monoisotopic (exact) mass is 241 g/mol. The molecule has 1 aliphatic carbocycles. The van der Waals surface area contributed by atoms with Gasteiger partial charge in [0.1, 0.15) is 0 Å². The third-order valence-electron chi connectivity index (χ3n) is 4.07. The summed E-state index contributed by atoms with van der Waals surface area (Å²) in [5, 5.41) is 3.65. The van der Waals surface area contributed by atoms with Crippen molar-refractivity contribution >= 4 is 0 Å². The van der Waals surface area contributed by atoms with E-state index in [1.54, 1.807) is 0 Å². The van der Waals surface area contributed by atoms with Gasteiger partial charge in [0.15, 0.2) is 0 Å². The molecule has 0 saturated heterocycles. The number of likely N-dealkylation sites (N-methyl/N-ethyl adjacent to an activating group) is 1. The smallest absolute Gasteiger partial charge is 0.0757 e. The van der Waals surface area contributed by atoms with Gasteiger partial charge in [0.25, 0.3) is 0 Å². The van der Waals surface area contributed by atoms with Crippen LogP contribution in [0.4, 0.5) is 0 Å². The van der Waals surface area contributed by atoms with Gasteiger partial charge in [-0.2, -0.15) is 0 Å². The first-order valence-electron chi connectivity index (χ1n) is 7.27. The molecule has 1 fully saturated rings. The van der Waals surface area contributed by atoms with Crippen LogP contribution in [-0.2, 0) is 4.74 Å². The molecule has 0 aromatic carbocycles. The maximum Gasteiger partial charge on any atom is 0.0757 e. The molecule has 0 spiro atoms. The molecule has 0 radical (unpaired) electrons. The SMILES string of the molecule is CCNC(C(OC)C1CCCCC1)C(C)(C)C. The summed E-state index contributed by atoms with van der Waals surface area (Å²) in [6, 6.07) is 0.459. The van der Waals surface area contributed by atoms with Gasteiger partial charge in [-0.3, -0.25) is 0 Å². The highest BCUT2D eigenvalue weighted by Crippen LogP contribution is 2.34. The number of ether oxygens (including phenoxy) is 1. The van der Waals surface area contributed by atoms with Crippen LogP contribution in [0.2, 0.25) is 0 Å². The Kier molecular flexibility index (Phi) is 5.94. The maximum absolute atomic E-state index is 5.87. The average Bonchev–Trinajstić information content (AvgIpc) is 2.29. The van der Waals surface area contributed by atoms with Gasteiger partial charge >= 0.3 is 0 Å². The molecule has 0 aromatic heterocycles. The molecule has 0 bridgehead atoms. The molecule has 2 heteroatoms. The highest BCUT2D eigenvalue weighted by atomic mass is 16.5. The van der Waals surface area contributed by atoms with E-state index in [2.05, 4.69) is 33.0 Å². The minimum absolute atomic E-state index is 0.258. The second-order valence-corrected chi connectivity index (χ2v) is 6.50. The fourth-order valence-corrected chi connectivity index (χ4v) is 3.20. The van der Waals surface area contributed by atoms with Crippen molar-refractivity contribution in [1.82, 2.24) is 5.32 Å². The molecule has 0 heterocycles. The van der Waals surface area contributed by atoms with Gasteiger partial charge in [-0.15, -0.1) is 0 Å². The highest BCUT2D eigenvalue weighted by Gasteiger charge is 2.36. The van der Waals surface area contributed by atoms with Gasteiger partial charge in [-0.1, -0.05) is 47.0 Å². The van der Waals surface area contributed by atoms with E-state index in [-0.39, 0.29) is 5.41 Å². The first-order valence-corrected chi connectivity index (χ1v) is 7.27. The summed E-state index contributed by atoms with van der Waals surface area (Å²) >= 11 is 0. The largest absolute Gasteiger partial charge is 0.380 e. The van der Waals surface area contributed by atoms with Gasteiger partial charge in [0, 0.05) is 13.2 Å². The third-order valence-corrected chi connectivity index (χ3v) is 4.07. The topological polar surface area (TPSA) is 21.3 Å². The average molecular weight is 241 g/mol. The summed E-state index contributed by atoms with van der Waals surface area (Å²) in [4.78, 5) is 0. The lowest BCUT2D eigenvalue weighted by atomic mass is 9.75. The minimum Gasteiger partial charge on any atom is -0.380 e. The van der Waals surface area contributed by atoms with Crippen LogP contribution in [0.3, 0.4) is 0 Å². The Bertz CT molecular complexity index is 203. The highest BCUT2D eigenvalue weighted by molar-refractivity contribution is 4.91. The van der Waals surface area contributed by atoms with Crippen molar-refractivity contribution in [2.24, 2.45) is 11.3 Å². The predicted octanol–water partition coefficient (Wildman–Crippen LogP) is 3.61. The molecular weight excluding hydrogens is 210 g/mol. The first kappa shape index (κ1) is 15.0. The molecular formula is C15H31NO. The van der Waals surface area contributed by atoms with Crippen molar-refractivity contribution in [2.45, 2.75) is 71.9 Å². The zero-order valence-corrected chi connectivity index (χ0v) is 12.4. The van der Waals surface area contributed by atoms with E-state index >= 15 is 0 Å². The lowest BCUT2D eigenvalue weighted by Gasteiger charge is -2.41. The van der Waals surface area contributed by atoms with Crippen molar-refractivity contribution in [3.63, 3.8) is 0 Å². The van der Waals surface area contributed by atoms with Crippen molar-refractivity contribution in [2.75, 3.05) is 13.7 Å². The first-order chi connectivity index (χ1) is 8.00. The second-order valence-electron chi connectivity index (χ2n) is 6.50. The quantitative estimate of drug-likeness (QED) is 0.794. The molecule has 0 aromatic rings. The Morgan fingerprint density at radius 1 is 1.18 bits per heavy atom. The Labute approximate surface area is 108 Å². The molecule has 2 atom stereocenters. The van der Waals surface area contributed by atoms with E-state index in [1.165, 1.54) is 32.1 Å². The number of rotatable bonds is 5. The molecule has 1 N–H and O–H groups in total. The van der Waals surface area contributed by atoms with E-state index in [4.69, 9.17) is 4.74 Å². The van der Waals surface area contributed by atoms with Crippen molar-refractivity contribution in [3.8, 4) is 0 Å². The molecule has 0 amide bonds. The lowest BCUT2D eigenvalue weighted by molar-refractivity contribution is -0.0210. The second kappa shape index (κ2) is 6.75. The van der Waals surface area contributed by atoms with E-state index in [1.807, 2.05) is 7.11 Å². The van der Waals surface area contributed by atoms with Crippen LogP contribution in [0, 0.1) is 11.3 Å². The molecule has 102 valence electrons. The van der Waals surface area contributed by atoms with Crippen molar-refractivity contribution in [3.05, 3.63) is 0 Å². The summed E-state index contributed by atoms with van der Waals surface area (Å²) in [6.45, 7) is 10.2. The van der Waals surface area contributed by atoms with Crippen LogP contribution in [0.1, 0.15) is 59.8 Å². The summed E-state index contributed by atoms with van der Waals surface area (Å²) < 4.78 is 5.87. The zero-order chi connectivity index (χ0) is 12.9. The fraction of sp³-hybridized carbons (Fsp3) is 1.00. The summed E-state index contributed by atoms with van der Waals surface area (Å²) in [7, 11) is 1.88. The molecule has 17 heavy (non-hydrogen) atoms. The minimum atomic E-state index is 0.258. The van der Waals surface area contributed by atoms with Crippen molar-refractivity contribution < 1.29 is 4.74 Å². The van der Waals surface area contributed by atoms with Crippen LogP contribution in [0.15, 0.2) is 0 Å². The Balaban J connectivity index is 2.72. The standard InChI is InChI=1S/C15H31NO/c1-6-16-14(15(2,3)4)13(17-5)12-10-8-7-9-11-12/h12-14,16H,6-11H2,1-5H3. The Morgan fingerprint density at radius 2 is 1.76 bits per heavy atom. The van der Waals surface area contributed by atoms with Crippen LogP contribution >= 0.6 is 0 Å². The summed E-state index contributed by atoms with van der Waals surface area (Å²) in [5.74, 6) is 0.747. The van der Waals surface area contributed by atoms with E-state index < -0.39 is 0 Å². The number of hydrogen-bond donors (Lipinski definition) is 1. The van der Waals surface area contributed by atoms with Crippen LogP contribution in [0.5, 0.6) is 0 Å². The van der Waals surface area contributed by atoms with Gasteiger partial charge in [0.2, 0.25) is 0 Å². The van der Waals surface area contributed by atoms with Gasteiger partial charge < -0.3 is 10.1 Å². The number of methoxy groups -OCH3 is 1. The van der Waals surface area contributed by atoms with E-state index in [9.17, 15) is 0 Å². The van der Waals surface area contributed by atoms with Crippen LogP contribution < -0.4 is 5.32 Å². The van der Waals surface area contributed by atoms with Crippen molar-refractivity contribution in [1.29, 1.82) is 0 Å². The number of nitrogens with one attached hydrogen (secondary N) is 1. The third kappa shape index (κ3) is 4.26. The summed E-state index contributed by atoms with van der Waals surface area (Å²) in [6.07, 6.45) is 7.23. The summed E-state index contributed by atoms with van der Waals surface area (Å²) in [5.41, 5.74) is 0.258. The number of hydrogen-bond acceptors (Lipinski definition) is 2. The van der Waals surface area contributed by atoms with Gasteiger partial charge in [-0.05, 0) is 30.7 Å². The predicted molar refractivity (Wildman–Crippen MR) is 74.3 cm³/mol. The molecule has 1 aliphatic rings. The Hall–Kier alpha value is -0.0800. The normalized spacial score (nSPS) is 22.4. The van der Waals surface area contributed by atoms with E-state index in [0.717, 1.165) is 12.5 Å². The molecule has 1 saturated carbocycles.